The van der Waals surface area contributed by atoms with Gasteiger partial charge in [-0.1, -0.05) is 175 Å². The van der Waals surface area contributed by atoms with Gasteiger partial charge in [0.1, 0.15) is 0 Å². The maximum absolute atomic E-state index is 13.5. The molecule has 4 aliphatic carbocycles. The highest BCUT2D eigenvalue weighted by molar-refractivity contribution is 8.00. The van der Waals surface area contributed by atoms with E-state index in [9.17, 15) is 9.59 Å². The summed E-state index contributed by atoms with van der Waals surface area (Å²) < 4.78 is 0. The Morgan fingerprint density at radius 3 is 1.12 bits per heavy atom. The molecule has 0 spiro atoms. The number of ketones is 2. The van der Waals surface area contributed by atoms with E-state index in [1.54, 1.807) is 12.1 Å². The van der Waals surface area contributed by atoms with Crippen molar-refractivity contribution >= 4 is 98.0 Å². The van der Waals surface area contributed by atoms with Crippen molar-refractivity contribution in [2.45, 2.75) is 78.7 Å². The Morgan fingerprint density at radius 1 is 0.262 bits per heavy atom. The molecule has 2 bridgehead atoms. The van der Waals surface area contributed by atoms with Crippen LogP contribution in [-0.2, 0) is 10.8 Å². The van der Waals surface area contributed by atoms with Crippen LogP contribution >= 0.6 is 35.3 Å². The van der Waals surface area contributed by atoms with E-state index in [4.69, 9.17) is 0 Å². The second kappa shape index (κ2) is 19.4. The monoisotopic (exact) mass is 1140 g/mol. The quantitative estimate of drug-likeness (QED) is 0.156. The number of rotatable bonds is 7. The molecular weight excluding hydrogens is 1080 g/mol. The molecule has 0 aromatic heterocycles. The molecule has 3 aliphatic heterocycles. The number of anilines is 9. The van der Waals surface area contributed by atoms with Crippen molar-refractivity contribution in [2.75, 3.05) is 14.7 Å². The number of fused-ring (bicyclic) bond motifs is 11. The van der Waals surface area contributed by atoms with Gasteiger partial charge in [-0.15, -0.1) is 0 Å². The fraction of sp³-hybridized carbons (Fsp3) is 0.105. The van der Waals surface area contributed by atoms with Gasteiger partial charge in [0, 0.05) is 68.7 Å². The third-order valence-corrected chi connectivity index (χ3v) is 22.2. The number of benzene rings is 11. The summed E-state index contributed by atoms with van der Waals surface area (Å²) in [6.07, 6.45) is 7.07. The molecule has 11 aromatic rings. The lowest BCUT2D eigenvalue weighted by Gasteiger charge is -2.54. The number of para-hydroxylation sites is 4. The second-order valence-electron chi connectivity index (χ2n) is 23.2. The zero-order valence-electron chi connectivity index (χ0n) is 45.8. The fourth-order valence-electron chi connectivity index (χ4n) is 14.5. The number of nitrogens with zero attached hydrogens (tertiary/aromatic N) is 3. The average molecular weight is 1140 g/mol. The molecule has 0 atom stereocenters. The first-order valence-corrected chi connectivity index (χ1v) is 31.5. The maximum Gasteiger partial charge on any atom is 0.194 e. The van der Waals surface area contributed by atoms with E-state index in [1.165, 1.54) is 124 Å². The van der Waals surface area contributed by atoms with Crippen LogP contribution in [0.3, 0.4) is 0 Å². The van der Waals surface area contributed by atoms with Gasteiger partial charge in [0.2, 0.25) is 0 Å². The highest BCUT2D eigenvalue weighted by Crippen LogP contribution is 2.61. The van der Waals surface area contributed by atoms with Crippen molar-refractivity contribution in [3.05, 3.63) is 282 Å². The average Bonchev–Trinajstić information content (AvgIpc) is 2.42. The van der Waals surface area contributed by atoms with Crippen molar-refractivity contribution in [3.8, 4) is 22.3 Å². The Kier molecular flexibility index (Phi) is 11.5. The lowest BCUT2D eigenvalue weighted by molar-refractivity contribution is 0.0979. The summed E-state index contributed by atoms with van der Waals surface area (Å²) in [7, 11) is 0. The van der Waals surface area contributed by atoms with Gasteiger partial charge in [-0.2, -0.15) is 0 Å². The second-order valence-corrected chi connectivity index (χ2v) is 26.5. The summed E-state index contributed by atoms with van der Waals surface area (Å²) in [6.45, 7) is 0. The van der Waals surface area contributed by atoms with Crippen LogP contribution in [0, 0.1) is 0 Å². The molecule has 3 saturated carbocycles. The van der Waals surface area contributed by atoms with Gasteiger partial charge in [0.15, 0.2) is 11.6 Å². The molecule has 0 unspecified atom stereocenters. The molecule has 0 N–H and O–H groups in total. The molecule has 402 valence electrons. The van der Waals surface area contributed by atoms with Gasteiger partial charge in [0.25, 0.3) is 0 Å². The largest absolute Gasteiger partial charge is 0.308 e. The lowest BCUT2D eigenvalue weighted by atomic mass is 9.50. The molecule has 3 heterocycles. The van der Waals surface area contributed by atoms with Crippen LogP contribution in [0.1, 0.15) is 81.5 Å². The molecule has 3 fully saturated rings. The van der Waals surface area contributed by atoms with Crippen LogP contribution < -0.4 is 14.7 Å². The van der Waals surface area contributed by atoms with E-state index in [0.29, 0.717) is 22.3 Å². The van der Waals surface area contributed by atoms with Crippen LogP contribution in [0.25, 0.3) is 22.3 Å². The van der Waals surface area contributed by atoms with E-state index in [2.05, 4.69) is 221 Å². The summed E-state index contributed by atoms with van der Waals surface area (Å²) in [5.74, 6) is -0.161. The molecule has 84 heavy (non-hydrogen) atoms. The van der Waals surface area contributed by atoms with Crippen LogP contribution in [0.2, 0.25) is 0 Å². The molecule has 18 rings (SSSR count). The summed E-state index contributed by atoms with van der Waals surface area (Å²) in [5, 5.41) is 0. The van der Waals surface area contributed by atoms with Crippen LogP contribution in [0.15, 0.2) is 278 Å². The maximum atomic E-state index is 13.5. The first-order valence-electron chi connectivity index (χ1n) is 29.1. The molecule has 0 saturated heterocycles. The van der Waals surface area contributed by atoms with E-state index >= 15 is 0 Å². The van der Waals surface area contributed by atoms with Gasteiger partial charge in [-0.05, 0) is 192 Å². The van der Waals surface area contributed by atoms with Crippen molar-refractivity contribution in [2.24, 2.45) is 0 Å². The van der Waals surface area contributed by atoms with Crippen LogP contribution in [0.5, 0.6) is 0 Å². The molecule has 11 aromatic carbocycles. The molecular formula is C76H53N3O2S3. The van der Waals surface area contributed by atoms with Crippen LogP contribution in [0.4, 0.5) is 51.2 Å². The minimum Gasteiger partial charge on any atom is -0.308 e. The predicted octanol–water partition coefficient (Wildman–Crippen LogP) is 21.1. The van der Waals surface area contributed by atoms with Gasteiger partial charge < -0.3 is 14.7 Å². The van der Waals surface area contributed by atoms with E-state index in [1.807, 2.05) is 65.6 Å². The van der Waals surface area contributed by atoms with Crippen molar-refractivity contribution in [1.29, 1.82) is 0 Å². The Morgan fingerprint density at radius 2 is 0.607 bits per heavy atom. The summed E-state index contributed by atoms with van der Waals surface area (Å²) in [4.78, 5) is 41.5. The van der Waals surface area contributed by atoms with Gasteiger partial charge in [0.05, 0.1) is 34.1 Å². The van der Waals surface area contributed by atoms with Crippen molar-refractivity contribution in [3.63, 3.8) is 0 Å². The third kappa shape index (κ3) is 7.87. The Labute approximate surface area is 502 Å². The highest BCUT2D eigenvalue weighted by Gasteiger charge is 2.50. The number of carbonyl (C=O) groups excluding carboxylic acids is 2. The summed E-state index contributed by atoms with van der Waals surface area (Å²) >= 11 is 5.56. The molecule has 7 aliphatic rings. The Hall–Kier alpha value is -8.79. The molecule has 0 amide bonds. The topological polar surface area (TPSA) is 43.9 Å². The van der Waals surface area contributed by atoms with E-state index in [-0.39, 0.29) is 22.4 Å². The SMILES string of the molecule is O=C1c2ccccc2C(=O)c2cc(-c3ccc(C45CCC(c6ccc(-c7ccc8c(c7)Sc7ccccc7N8c7ccc8c(c7)Sc7cc(N9c%10ccccc%10Sc%10ccccc%109)ccc7N8c7ccccc7)cc6)(CC4)CC5)cc3)ccc21. The smallest absolute Gasteiger partial charge is 0.194 e. The minimum atomic E-state index is -0.0806. The van der Waals surface area contributed by atoms with Crippen LogP contribution in [-0.4, -0.2) is 11.6 Å². The first kappa shape index (κ1) is 49.8. The Bertz CT molecular complexity index is 4490. The Balaban J connectivity index is 0.637. The summed E-state index contributed by atoms with van der Waals surface area (Å²) in [5.41, 5.74) is 20.2. The number of carbonyl (C=O) groups is 2. The third-order valence-electron chi connectivity index (χ3n) is 18.9. The zero-order valence-corrected chi connectivity index (χ0v) is 48.2. The van der Waals surface area contributed by atoms with Gasteiger partial charge in [-0.25, -0.2) is 0 Å². The van der Waals surface area contributed by atoms with E-state index < -0.39 is 0 Å². The summed E-state index contributed by atoms with van der Waals surface area (Å²) in [6, 6.07) is 89.7. The minimum absolute atomic E-state index is 0.0803. The van der Waals surface area contributed by atoms with E-state index in [0.717, 1.165) is 28.2 Å². The van der Waals surface area contributed by atoms with Gasteiger partial charge >= 0.3 is 0 Å². The first-order chi connectivity index (χ1) is 41.3. The van der Waals surface area contributed by atoms with Crippen molar-refractivity contribution < 1.29 is 9.59 Å². The molecule has 0 radical (unpaired) electrons. The highest BCUT2D eigenvalue weighted by atomic mass is 32.2. The standard InChI is InChI=1S/C76H53N3O2S3/c80-73-57-14-4-5-15-58(57)74(81)60-44-50(26-34-59(60)73)48-22-28-52(29-23-48)75-38-41-76(42-39-75,43-40-75)53-30-24-49(25-31-53)51-27-35-64-70(45-51)83-69-21-11-8-18-63(69)79(64)56-33-37-66-72(47-56)84-71-46-55(32-36-65(71)77(66)54-12-2-1-3-13-54)78-61-16-6-9-19-67(61)82-68-20-10-7-17-62(68)78/h1-37,44-47H,38-43H2. The number of hydrogen-bond acceptors (Lipinski definition) is 8. The normalized spacial score (nSPS) is 18.6. The molecule has 5 nitrogen and oxygen atoms in total. The lowest BCUT2D eigenvalue weighted by Crippen LogP contribution is -2.46. The fourth-order valence-corrected chi connectivity index (χ4v) is 17.8. The predicted molar refractivity (Wildman–Crippen MR) is 345 cm³/mol. The van der Waals surface area contributed by atoms with Crippen molar-refractivity contribution in [1.82, 2.24) is 0 Å². The number of hydrogen-bond donors (Lipinski definition) is 0. The van der Waals surface area contributed by atoms with Gasteiger partial charge in [-0.3, -0.25) is 9.59 Å². The zero-order chi connectivity index (χ0) is 55.7. The molecule has 8 heteroatoms.